The summed E-state index contributed by atoms with van der Waals surface area (Å²) in [6.07, 6.45) is 3.76. The molecule has 0 bridgehead atoms. The van der Waals surface area contributed by atoms with Crippen LogP contribution in [0.4, 0.5) is 0 Å². The number of methoxy groups -OCH3 is 1. The molecule has 0 aliphatic heterocycles. The minimum Gasteiger partial charge on any atom is -0.380 e. The molecule has 0 spiro atoms. The van der Waals surface area contributed by atoms with Gasteiger partial charge in [-0.3, -0.25) is 11.3 Å². The van der Waals surface area contributed by atoms with Crippen LogP contribution in [0.2, 0.25) is 0 Å². The van der Waals surface area contributed by atoms with E-state index in [0.29, 0.717) is 5.92 Å². The molecule has 0 heterocycles. The van der Waals surface area contributed by atoms with Gasteiger partial charge in [-0.25, -0.2) is 0 Å². The van der Waals surface area contributed by atoms with Gasteiger partial charge in [0.05, 0.1) is 6.10 Å². The van der Waals surface area contributed by atoms with E-state index in [1.165, 1.54) is 12.8 Å². The average Bonchev–Trinajstić information content (AvgIpc) is 2.13. The average molecular weight is 188 g/mol. The first kappa shape index (κ1) is 12.9. The molecule has 0 saturated heterocycles. The highest BCUT2D eigenvalue weighted by Crippen LogP contribution is 2.14. The fourth-order valence-electron chi connectivity index (χ4n) is 1.60. The van der Waals surface area contributed by atoms with Gasteiger partial charge in [-0.05, 0) is 19.3 Å². The molecule has 3 N–H and O–H groups in total. The molecule has 3 heteroatoms. The zero-order valence-electron chi connectivity index (χ0n) is 9.34. The van der Waals surface area contributed by atoms with Crippen LogP contribution < -0.4 is 11.3 Å². The lowest BCUT2D eigenvalue weighted by atomic mass is 9.95. The van der Waals surface area contributed by atoms with Crippen molar-refractivity contribution in [1.82, 2.24) is 5.43 Å². The van der Waals surface area contributed by atoms with Gasteiger partial charge in [0.25, 0.3) is 0 Å². The third-order valence-electron chi connectivity index (χ3n) is 2.59. The van der Waals surface area contributed by atoms with Crippen molar-refractivity contribution < 1.29 is 4.74 Å². The van der Waals surface area contributed by atoms with Crippen molar-refractivity contribution in [3.8, 4) is 0 Å². The van der Waals surface area contributed by atoms with Gasteiger partial charge in [-0.2, -0.15) is 0 Å². The lowest BCUT2D eigenvalue weighted by Gasteiger charge is -2.24. The Kier molecular flexibility index (Phi) is 7.23. The SMILES string of the molecule is CCCC(C)CC(NN)C(C)OC. The summed E-state index contributed by atoms with van der Waals surface area (Å²) in [6, 6.07) is 0.270. The zero-order chi connectivity index (χ0) is 10.3. The van der Waals surface area contributed by atoms with Crippen molar-refractivity contribution in [2.24, 2.45) is 11.8 Å². The third-order valence-corrected chi connectivity index (χ3v) is 2.59. The van der Waals surface area contributed by atoms with Crippen LogP contribution in [-0.4, -0.2) is 19.3 Å². The summed E-state index contributed by atoms with van der Waals surface area (Å²) in [5.74, 6) is 6.18. The predicted molar refractivity (Wildman–Crippen MR) is 56.3 cm³/mol. The standard InChI is InChI=1S/C10H24N2O/c1-5-6-8(2)7-10(12-11)9(3)13-4/h8-10,12H,5-7,11H2,1-4H3. The van der Waals surface area contributed by atoms with Crippen molar-refractivity contribution in [3.05, 3.63) is 0 Å². The van der Waals surface area contributed by atoms with Gasteiger partial charge in [-0.1, -0.05) is 26.7 Å². The molecule has 0 saturated carbocycles. The molecule has 0 rings (SSSR count). The first-order valence-electron chi connectivity index (χ1n) is 5.14. The lowest BCUT2D eigenvalue weighted by Crippen LogP contribution is -2.44. The molecular formula is C10H24N2O. The summed E-state index contributed by atoms with van der Waals surface area (Å²) < 4.78 is 5.24. The third kappa shape index (κ3) is 5.24. The van der Waals surface area contributed by atoms with Crippen LogP contribution in [0, 0.1) is 5.92 Å². The van der Waals surface area contributed by atoms with Crippen molar-refractivity contribution in [2.45, 2.75) is 52.2 Å². The first-order valence-corrected chi connectivity index (χ1v) is 5.14. The number of nitrogens with two attached hydrogens (primary N) is 1. The molecule has 3 nitrogen and oxygen atoms in total. The van der Waals surface area contributed by atoms with Gasteiger partial charge in [0.15, 0.2) is 0 Å². The maximum atomic E-state index is 5.46. The maximum absolute atomic E-state index is 5.46. The van der Waals surface area contributed by atoms with E-state index >= 15 is 0 Å². The Hall–Kier alpha value is -0.120. The summed E-state index contributed by atoms with van der Waals surface area (Å²) in [7, 11) is 1.72. The Balaban J connectivity index is 3.82. The summed E-state index contributed by atoms with van der Waals surface area (Å²) in [4.78, 5) is 0. The molecule has 3 unspecified atom stereocenters. The van der Waals surface area contributed by atoms with E-state index in [0.717, 1.165) is 6.42 Å². The Morgan fingerprint density at radius 3 is 2.38 bits per heavy atom. The van der Waals surface area contributed by atoms with Crippen LogP contribution in [0.25, 0.3) is 0 Å². The smallest absolute Gasteiger partial charge is 0.0709 e. The van der Waals surface area contributed by atoms with Gasteiger partial charge >= 0.3 is 0 Å². The van der Waals surface area contributed by atoms with Gasteiger partial charge in [0.1, 0.15) is 0 Å². The molecule has 13 heavy (non-hydrogen) atoms. The number of ether oxygens (including phenoxy) is 1. The van der Waals surface area contributed by atoms with Crippen molar-refractivity contribution >= 4 is 0 Å². The van der Waals surface area contributed by atoms with Crippen molar-refractivity contribution in [2.75, 3.05) is 7.11 Å². The molecule has 0 aromatic heterocycles. The summed E-state index contributed by atoms with van der Waals surface area (Å²) in [6.45, 7) is 6.51. The summed E-state index contributed by atoms with van der Waals surface area (Å²) >= 11 is 0. The van der Waals surface area contributed by atoms with Crippen LogP contribution in [0.5, 0.6) is 0 Å². The summed E-state index contributed by atoms with van der Waals surface area (Å²) in [5, 5.41) is 0. The number of hydrogen-bond acceptors (Lipinski definition) is 3. The van der Waals surface area contributed by atoms with Gasteiger partial charge < -0.3 is 4.74 Å². The van der Waals surface area contributed by atoms with Gasteiger partial charge in [0.2, 0.25) is 0 Å². The number of nitrogens with one attached hydrogen (secondary N) is 1. The number of rotatable bonds is 7. The number of hydrogen-bond donors (Lipinski definition) is 2. The van der Waals surface area contributed by atoms with E-state index in [4.69, 9.17) is 10.6 Å². The van der Waals surface area contributed by atoms with Crippen LogP contribution in [-0.2, 0) is 4.74 Å². The Morgan fingerprint density at radius 2 is 2.00 bits per heavy atom. The minimum atomic E-state index is 0.185. The first-order chi connectivity index (χ1) is 6.15. The van der Waals surface area contributed by atoms with E-state index < -0.39 is 0 Å². The monoisotopic (exact) mass is 188 g/mol. The molecule has 0 aliphatic rings. The van der Waals surface area contributed by atoms with Crippen LogP contribution in [0.3, 0.4) is 0 Å². The van der Waals surface area contributed by atoms with Crippen molar-refractivity contribution in [3.63, 3.8) is 0 Å². The molecule has 0 radical (unpaired) electrons. The molecule has 0 amide bonds. The van der Waals surface area contributed by atoms with Crippen LogP contribution in [0.15, 0.2) is 0 Å². The second kappa shape index (κ2) is 7.30. The quantitative estimate of drug-likeness (QED) is 0.472. The molecule has 3 atom stereocenters. The normalized spacial score (nSPS) is 18.2. The van der Waals surface area contributed by atoms with Gasteiger partial charge in [-0.15, -0.1) is 0 Å². The minimum absolute atomic E-state index is 0.185. The number of hydrazine groups is 1. The molecule has 80 valence electrons. The highest BCUT2D eigenvalue weighted by Gasteiger charge is 2.17. The highest BCUT2D eigenvalue weighted by atomic mass is 16.5. The molecular weight excluding hydrogens is 164 g/mol. The summed E-state index contributed by atoms with van der Waals surface area (Å²) in [5.41, 5.74) is 2.82. The van der Waals surface area contributed by atoms with Crippen LogP contribution >= 0.6 is 0 Å². The van der Waals surface area contributed by atoms with E-state index in [9.17, 15) is 0 Å². The lowest BCUT2D eigenvalue weighted by molar-refractivity contribution is 0.0742. The van der Waals surface area contributed by atoms with E-state index in [1.54, 1.807) is 7.11 Å². The van der Waals surface area contributed by atoms with Gasteiger partial charge in [0, 0.05) is 13.2 Å². The highest BCUT2D eigenvalue weighted by molar-refractivity contribution is 4.73. The molecule has 0 fully saturated rings. The molecule has 0 aromatic carbocycles. The Bertz CT molecular complexity index is 119. The fraction of sp³-hybridized carbons (Fsp3) is 1.00. The Labute approximate surface area is 82.0 Å². The van der Waals surface area contributed by atoms with E-state index in [1.807, 2.05) is 6.92 Å². The zero-order valence-corrected chi connectivity index (χ0v) is 9.34. The molecule has 0 aliphatic carbocycles. The largest absolute Gasteiger partial charge is 0.380 e. The van der Waals surface area contributed by atoms with Crippen molar-refractivity contribution in [1.29, 1.82) is 0 Å². The molecule has 0 aromatic rings. The second-order valence-electron chi connectivity index (χ2n) is 3.84. The fourth-order valence-corrected chi connectivity index (χ4v) is 1.60. The van der Waals surface area contributed by atoms with Crippen LogP contribution in [0.1, 0.15) is 40.0 Å². The van der Waals surface area contributed by atoms with E-state index in [-0.39, 0.29) is 12.1 Å². The predicted octanol–water partition coefficient (Wildman–Crippen LogP) is 1.68. The topological polar surface area (TPSA) is 47.3 Å². The second-order valence-corrected chi connectivity index (χ2v) is 3.84. The van der Waals surface area contributed by atoms with E-state index in [2.05, 4.69) is 19.3 Å². The Morgan fingerprint density at radius 1 is 1.38 bits per heavy atom. The maximum Gasteiger partial charge on any atom is 0.0709 e.